The lowest BCUT2D eigenvalue weighted by atomic mass is 10.2. The molecule has 2 aromatic heterocycles. The van der Waals surface area contributed by atoms with Crippen molar-refractivity contribution < 1.29 is 4.79 Å². The minimum Gasteiger partial charge on any atom is -0.350 e. The maximum absolute atomic E-state index is 11.9. The van der Waals surface area contributed by atoms with E-state index in [9.17, 15) is 4.79 Å². The minimum atomic E-state index is -0.117. The van der Waals surface area contributed by atoms with Gasteiger partial charge in [0.1, 0.15) is 5.82 Å². The summed E-state index contributed by atoms with van der Waals surface area (Å²) < 4.78 is 2.49. The number of carbonyl (C=O) groups is 1. The second kappa shape index (κ2) is 6.42. The van der Waals surface area contributed by atoms with Gasteiger partial charge in [-0.25, -0.2) is 0 Å². The Morgan fingerprint density at radius 3 is 2.80 bits per heavy atom. The normalized spacial score (nSPS) is 10.8. The fraction of sp³-hybridized carbons (Fsp3) is 0.385. The lowest BCUT2D eigenvalue weighted by Gasteiger charge is -2.10. The Balaban J connectivity index is 1.95. The number of aromatic nitrogens is 4. The standard InChI is InChI=1S/C13H17N5OS/c1-9(2)11-16-17-13(20)18(11)8-7-15-12(19)10-3-5-14-6-4-10/h3-6,9H,7-8H2,1-2H3,(H,15,19)(H,17,20). The molecular weight excluding hydrogens is 274 g/mol. The van der Waals surface area contributed by atoms with Crippen molar-refractivity contribution in [3.8, 4) is 0 Å². The Morgan fingerprint density at radius 1 is 1.45 bits per heavy atom. The molecule has 2 aromatic rings. The number of carbonyl (C=O) groups excluding carboxylic acids is 1. The molecule has 106 valence electrons. The number of nitrogens with one attached hydrogen (secondary N) is 2. The maximum atomic E-state index is 11.9. The summed E-state index contributed by atoms with van der Waals surface area (Å²) in [5.74, 6) is 1.06. The summed E-state index contributed by atoms with van der Waals surface area (Å²) in [6.45, 7) is 5.20. The van der Waals surface area contributed by atoms with E-state index in [2.05, 4.69) is 34.3 Å². The van der Waals surface area contributed by atoms with Gasteiger partial charge in [-0.1, -0.05) is 13.8 Å². The van der Waals surface area contributed by atoms with Crippen molar-refractivity contribution in [1.82, 2.24) is 25.1 Å². The summed E-state index contributed by atoms with van der Waals surface area (Å²) in [6, 6.07) is 3.36. The van der Waals surface area contributed by atoms with Gasteiger partial charge in [0.2, 0.25) is 0 Å². The van der Waals surface area contributed by atoms with E-state index >= 15 is 0 Å². The second-order valence-corrected chi connectivity index (χ2v) is 5.07. The van der Waals surface area contributed by atoms with Crippen molar-refractivity contribution >= 4 is 18.1 Å². The number of nitrogens with zero attached hydrogens (tertiary/aromatic N) is 3. The van der Waals surface area contributed by atoms with Gasteiger partial charge < -0.3 is 9.88 Å². The van der Waals surface area contributed by atoms with E-state index in [0.717, 1.165) is 5.82 Å². The fourth-order valence-electron chi connectivity index (χ4n) is 1.87. The predicted octanol–water partition coefficient (Wildman–Crippen LogP) is 1.89. The van der Waals surface area contributed by atoms with Gasteiger partial charge in [0, 0.05) is 37.0 Å². The van der Waals surface area contributed by atoms with Crippen molar-refractivity contribution in [3.63, 3.8) is 0 Å². The zero-order valence-electron chi connectivity index (χ0n) is 11.5. The molecule has 0 atom stereocenters. The van der Waals surface area contributed by atoms with Crippen LogP contribution in [0.4, 0.5) is 0 Å². The molecule has 1 amide bonds. The van der Waals surface area contributed by atoms with E-state index in [0.29, 0.717) is 23.4 Å². The van der Waals surface area contributed by atoms with Crippen LogP contribution in [0.1, 0.15) is 35.9 Å². The van der Waals surface area contributed by atoms with Gasteiger partial charge in [0.15, 0.2) is 4.77 Å². The van der Waals surface area contributed by atoms with Crippen LogP contribution in [0, 0.1) is 4.77 Å². The monoisotopic (exact) mass is 291 g/mol. The zero-order valence-corrected chi connectivity index (χ0v) is 12.3. The van der Waals surface area contributed by atoms with Crippen LogP contribution in [-0.4, -0.2) is 32.2 Å². The molecular formula is C13H17N5OS. The molecule has 6 nitrogen and oxygen atoms in total. The Hall–Kier alpha value is -2.02. The number of hydrogen-bond donors (Lipinski definition) is 2. The molecule has 2 rings (SSSR count). The van der Waals surface area contributed by atoms with Crippen molar-refractivity contribution in [2.24, 2.45) is 0 Å². The lowest BCUT2D eigenvalue weighted by molar-refractivity contribution is 0.0952. The van der Waals surface area contributed by atoms with Gasteiger partial charge in [0.05, 0.1) is 0 Å². The summed E-state index contributed by atoms with van der Waals surface area (Å²) in [6.07, 6.45) is 3.19. The van der Waals surface area contributed by atoms with Crippen molar-refractivity contribution in [3.05, 3.63) is 40.7 Å². The van der Waals surface area contributed by atoms with E-state index < -0.39 is 0 Å². The molecule has 0 aliphatic heterocycles. The third-order valence-corrected chi connectivity index (χ3v) is 3.18. The Morgan fingerprint density at radius 2 is 2.15 bits per heavy atom. The zero-order chi connectivity index (χ0) is 14.5. The molecule has 0 unspecified atom stereocenters. The van der Waals surface area contributed by atoms with Gasteiger partial charge in [-0.3, -0.25) is 14.9 Å². The van der Waals surface area contributed by atoms with E-state index in [1.807, 2.05) is 4.57 Å². The van der Waals surface area contributed by atoms with Crippen LogP contribution in [0.15, 0.2) is 24.5 Å². The number of hydrogen-bond acceptors (Lipinski definition) is 4. The predicted molar refractivity (Wildman–Crippen MR) is 78.1 cm³/mol. The Bertz CT molecular complexity index is 632. The number of rotatable bonds is 5. The average molecular weight is 291 g/mol. The van der Waals surface area contributed by atoms with Crippen LogP contribution in [0.3, 0.4) is 0 Å². The largest absolute Gasteiger partial charge is 0.350 e. The first-order chi connectivity index (χ1) is 9.59. The summed E-state index contributed by atoms with van der Waals surface area (Å²) in [7, 11) is 0. The van der Waals surface area contributed by atoms with Gasteiger partial charge in [-0.2, -0.15) is 5.10 Å². The number of H-pyrrole nitrogens is 1. The quantitative estimate of drug-likeness (QED) is 0.825. The van der Waals surface area contributed by atoms with Crippen LogP contribution >= 0.6 is 12.2 Å². The van der Waals surface area contributed by atoms with E-state index in [-0.39, 0.29) is 11.8 Å². The SMILES string of the molecule is CC(C)c1n[nH]c(=S)n1CCNC(=O)c1ccncc1. The third kappa shape index (κ3) is 3.30. The highest BCUT2D eigenvalue weighted by molar-refractivity contribution is 7.71. The Labute approximate surface area is 122 Å². The number of pyridine rings is 1. The minimum absolute atomic E-state index is 0.117. The second-order valence-electron chi connectivity index (χ2n) is 4.69. The third-order valence-electron chi connectivity index (χ3n) is 2.87. The van der Waals surface area contributed by atoms with Gasteiger partial charge in [-0.05, 0) is 24.4 Å². The van der Waals surface area contributed by atoms with Crippen LogP contribution in [0.25, 0.3) is 0 Å². The van der Waals surface area contributed by atoms with Crippen LogP contribution in [-0.2, 0) is 6.54 Å². The van der Waals surface area contributed by atoms with Gasteiger partial charge >= 0.3 is 0 Å². The average Bonchev–Trinajstić information content (AvgIpc) is 2.81. The molecule has 0 radical (unpaired) electrons. The lowest BCUT2D eigenvalue weighted by Crippen LogP contribution is -2.27. The number of aromatic amines is 1. The molecule has 0 fully saturated rings. The van der Waals surface area contributed by atoms with E-state index in [1.165, 1.54) is 0 Å². The first kappa shape index (κ1) is 14.4. The van der Waals surface area contributed by atoms with Crippen molar-refractivity contribution in [1.29, 1.82) is 0 Å². The van der Waals surface area contributed by atoms with Crippen molar-refractivity contribution in [2.45, 2.75) is 26.3 Å². The molecule has 20 heavy (non-hydrogen) atoms. The molecule has 0 saturated carbocycles. The smallest absolute Gasteiger partial charge is 0.251 e. The van der Waals surface area contributed by atoms with E-state index in [4.69, 9.17) is 12.2 Å². The molecule has 2 heterocycles. The number of amides is 1. The molecule has 0 saturated heterocycles. The summed E-state index contributed by atoms with van der Waals surface area (Å²) in [4.78, 5) is 15.8. The summed E-state index contributed by atoms with van der Waals surface area (Å²) >= 11 is 5.19. The van der Waals surface area contributed by atoms with Gasteiger partial charge in [-0.15, -0.1) is 0 Å². The molecule has 0 aliphatic carbocycles. The molecule has 0 aliphatic rings. The molecule has 0 bridgehead atoms. The first-order valence-corrected chi connectivity index (χ1v) is 6.83. The maximum Gasteiger partial charge on any atom is 0.251 e. The first-order valence-electron chi connectivity index (χ1n) is 6.43. The van der Waals surface area contributed by atoms with Crippen LogP contribution in [0.5, 0.6) is 0 Å². The highest BCUT2D eigenvalue weighted by Crippen LogP contribution is 2.10. The highest BCUT2D eigenvalue weighted by Gasteiger charge is 2.10. The highest BCUT2D eigenvalue weighted by atomic mass is 32.1. The molecule has 0 aromatic carbocycles. The molecule has 0 spiro atoms. The fourth-order valence-corrected chi connectivity index (χ4v) is 2.10. The van der Waals surface area contributed by atoms with Crippen molar-refractivity contribution in [2.75, 3.05) is 6.54 Å². The topological polar surface area (TPSA) is 75.6 Å². The van der Waals surface area contributed by atoms with Crippen LogP contribution in [0.2, 0.25) is 0 Å². The summed E-state index contributed by atoms with van der Waals surface area (Å²) in [5, 5.41) is 9.83. The molecule has 7 heteroatoms. The van der Waals surface area contributed by atoms with Gasteiger partial charge in [0.25, 0.3) is 5.91 Å². The molecule has 2 N–H and O–H groups in total. The van der Waals surface area contributed by atoms with E-state index in [1.54, 1.807) is 24.5 Å². The van der Waals surface area contributed by atoms with Crippen LogP contribution < -0.4 is 5.32 Å². The summed E-state index contributed by atoms with van der Waals surface area (Å²) in [5.41, 5.74) is 0.597. The Kier molecular flexibility index (Phi) is 4.62.